The number of hydrogen-bond acceptors (Lipinski definition) is 5. The highest BCUT2D eigenvalue weighted by Crippen LogP contribution is 2.19. The van der Waals surface area contributed by atoms with E-state index in [1.54, 1.807) is 55.3 Å². The Morgan fingerprint density at radius 2 is 1.77 bits per heavy atom. The summed E-state index contributed by atoms with van der Waals surface area (Å²) in [6, 6.07) is 14.2. The number of amides is 1. The van der Waals surface area contributed by atoms with Crippen LogP contribution in [0, 0.1) is 6.92 Å². The third-order valence-electron chi connectivity index (χ3n) is 4.35. The average molecular weight is 351 g/mol. The molecule has 0 radical (unpaired) electrons. The molecule has 1 amide bonds. The molecule has 0 bridgehead atoms. The van der Waals surface area contributed by atoms with Crippen LogP contribution in [-0.4, -0.2) is 39.2 Å². The molecular formula is C20H21N3O3. The minimum atomic E-state index is -0.0514. The number of carbonyl (C=O) groups is 1. The fraction of sp³-hybridized carbons (Fsp3) is 0.250. The smallest absolute Gasteiger partial charge is 0.253 e. The lowest BCUT2D eigenvalue weighted by molar-refractivity contribution is 0.0743. The standard InChI is InChI=1S/C20H21N3O3/c1-13(12-15-4-10-18(24)11-5-15)23(3)20(25)17-8-6-16(7-9-17)19-22-21-14(2)26-19/h4-11,13,24H,12H2,1-3H3/t13-/m1/s1. The first kappa shape index (κ1) is 17.7. The van der Waals surface area contributed by atoms with Crippen LogP contribution in [-0.2, 0) is 6.42 Å². The fourth-order valence-corrected chi connectivity index (χ4v) is 2.68. The molecule has 0 unspecified atom stereocenters. The molecule has 134 valence electrons. The van der Waals surface area contributed by atoms with E-state index in [0.717, 1.165) is 11.1 Å². The highest BCUT2D eigenvalue weighted by atomic mass is 16.4. The van der Waals surface area contributed by atoms with Gasteiger partial charge in [-0.1, -0.05) is 12.1 Å². The summed E-state index contributed by atoms with van der Waals surface area (Å²) >= 11 is 0. The number of hydrogen-bond donors (Lipinski definition) is 1. The molecule has 3 aromatic rings. The van der Waals surface area contributed by atoms with Gasteiger partial charge in [0.1, 0.15) is 5.75 Å². The van der Waals surface area contributed by atoms with Crippen molar-refractivity contribution < 1.29 is 14.3 Å². The predicted octanol–water partition coefficient (Wildman–Crippen LogP) is 3.45. The van der Waals surface area contributed by atoms with Gasteiger partial charge < -0.3 is 14.4 Å². The van der Waals surface area contributed by atoms with Crippen molar-refractivity contribution in [2.24, 2.45) is 0 Å². The second-order valence-electron chi connectivity index (χ2n) is 6.34. The molecule has 1 atom stereocenters. The Labute approximate surface area is 152 Å². The van der Waals surface area contributed by atoms with E-state index in [0.29, 0.717) is 23.8 Å². The molecule has 0 aliphatic carbocycles. The van der Waals surface area contributed by atoms with Gasteiger partial charge in [-0.15, -0.1) is 10.2 Å². The third-order valence-corrected chi connectivity index (χ3v) is 4.35. The number of carbonyl (C=O) groups excluding carboxylic acids is 1. The number of rotatable bonds is 5. The van der Waals surface area contributed by atoms with Crippen molar-refractivity contribution >= 4 is 5.91 Å². The van der Waals surface area contributed by atoms with Crippen LogP contribution in [0.2, 0.25) is 0 Å². The molecule has 6 heteroatoms. The normalized spacial score (nSPS) is 12.0. The predicted molar refractivity (Wildman–Crippen MR) is 97.8 cm³/mol. The summed E-state index contributed by atoms with van der Waals surface area (Å²) in [5, 5.41) is 17.2. The molecule has 0 spiro atoms. The Balaban J connectivity index is 1.68. The first-order valence-electron chi connectivity index (χ1n) is 8.39. The number of nitrogens with zero attached hydrogens (tertiary/aromatic N) is 3. The molecule has 6 nitrogen and oxygen atoms in total. The number of aryl methyl sites for hydroxylation is 1. The van der Waals surface area contributed by atoms with E-state index in [9.17, 15) is 9.90 Å². The zero-order valence-corrected chi connectivity index (χ0v) is 15.0. The maximum atomic E-state index is 12.7. The Bertz CT molecular complexity index is 885. The first-order valence-corrected chi connectivity index (χ1v) is 8.39. The topological polar surface area (TPSA) is 79.5 Å². The molecule has 0 aliphatic rings. The van der Waals surface area contributed by atoms with Gasteiger partial charge in [0.05, 0.1) is 0 Å². The second-order valence-corrected chi connectivity index (χ2v) is 6.34. The number of aromatic hydroxyl groups is 1. The summed E-state index contributed by atoms with van der Waals surface area (Å²) in [7, 11) is 1.79. The SMILES string of the molecule is Cc1nnc(-c2ccc(C(=O)N(C)[C@H](C)Cc3ccc(O)cc3)cc2)o1. The zero-order valence-electron chi connectivity index (χ0n) is 15.0. The van der Waals surface area contributed by atoms with Gasteiger partial charge >= 0.3 is 0 Å². The molecule has 1 aromatic heterocycles. The van der Waals surface area contributed by atoms with Crippen LogP contribution >= 0.6 is 0 Å². The number of phenolic OH excluding ortho intramolecular Hbond substituents is 1. The van der Waals surface area contributed by atoms with Crippen LogP contribution in [0.4, 0.5) is 0 Å². The van der Waals surface area contributed by atoms with E-state index in [4.69, 9.17) is 4.42 Å². The zero-order chi connectivity index (χ0) is 18.7. The van der Waals surface area contributed by atoms with E-state index in [-0.39, 0.29) is 17.7 Å². The van der Waals surface area contributed by atoms with Gasteiger partial charge in [0.2, 0.25) is 11.8 Å². The number of likely N-dealkylation sites (N-methyl/N-ethyl adjacent to an activating group) is 1. The first-order chi connectivity index (χ1) is 12.4. The van der Waals surface area contributed by atoms with Crippen molar-refractivity contribution in [1.82, 2.24) is 15.1 Å². The lowest BCUT2D eigenvalue weighted by Gasteiger charge is -2.25. The Morgan fingerprint density at radius 3 is 2.35 bits per heavy atom. The van der Waals surface area contributed by atoms with Crippen LogP contribution < -0.4 is 0 Å². The lowest BCUT2D eigenvalue weighted by Crippen LogP contribution is -2.36. The number of aromatic nitrogens is 2. The van der Waals surface area contributed by atoms with Crippen molar-refractivity contribution in [3.05, 3.63) is 65.5 Å². The lowest BCUT2D eigenvalue weighted by atomic mass is 10.0. The highest BCUT2D eigenvalue weighted by molar-refractivity contribution is 5.94. The molecule has 1 heterocycles. The van der Waals surface area contributed by atoms with Crippen LogP contribution in [0.5, 0.6) is 5.75 Å². The van der Waals surface area contributed by atoms with E-state index in [2.05, 4.69) is 10.2 Å². The van der Waals surface area contributed by atoms with Crippen molar-refractivity contribution in [3.63, 3.8) is 0 Å². The van der Waals surface area contributed by atoms with E-state index in [1.165, 1.54) is 0 Å². The van der Waals surface area contributed by atoms with Crippen LogP contribution in [0.3, 0.4) is 0 Å². The van der Waals surface area contributed by atoms with Crippen LogP contribution in [0.25, 0.3) is 11.5 Å². The summed E-state index contributed by atoms with van der Waals surface area (Å²) in [4.78, 5) is 14.4. The van der Waals surface area contributed by atoms with Gasteiger partial charge in [-0.05, 0) is 55.3 Å². The monoisotopic (exact) mass is 351 g/mol. The van der Waals surface area contributed by atoms with Gasteiger partial charge in [-0.3, -0.25) is 4.79 Å². The van der Waals surface area contributed by atoms with E-state index < -0.39 is 0 Å². The Hall–Kier alpha value is -3.15. The summed E-state index contributed by atoms with van der Waals surface area (Å²) in [5.74, 6) is 1.13. The molecule has 2 aromatic carbocycles. The van der Waals surface area contributed by atoms with Crippen molar-refractivity contribution in [2.75, 3.05) is 7.05 Å². The second kappa shape index (κ2) is 7.39. The van der Waals surface area contributed by atoms with Gasteiger partial charge in [-0.25, -0.2) is 0 Å². The summed E-state index contributed by atoms with van der Waals surface area (Å²) in [5.41, 5.74) is 2.45. The van der Waals surface area contributed by atoms with Crippen molar-refractivity contribution in [1.29, 1.82) is 0 Å². The Morgan fingerprint density at radius 1 is 1.12 bits per heavy atom. The molecule has 1 N–H and O–H groups in total. The fourth-order valence-electron chi connectivity index (χ4n) is 2.68. The molecule has 0 saturated heterocycles. The largest absolute Gasteiger partial charge is 0.508 e. The minimum Gasteiger partial charge on any atom is -0.508 e. The average Bonchev–Trinajstić information content (AvgIpc) is 3.09. The Kier molecular flexibility index (Phi) is 5.02. The highest BCUT2D eigenvalue weighted by Gasteiger charge is 2.18. The van der Waals surface area contributed by atoms with Crippen molar-refractivity contribution in [3.8, 4) is 17.2 Å². The molecule has 26 heavy (non-hydrogen) atoms. The minimum absolute atomic E-state index is 0.0188. The number of benzene rings is 2. The van der Waals surface area contributed by atoms with Crippen LogP contribution in [0.15, 0.2) is 52.9 Å². The van der Waals surface area contributed by atoms with Gasteiger partial charge in [0.25, 0.3) is 5.91 Å². The summed E-state index contributed by atoms with van der Waals surface area (Å²) in [6.45, 7) is 3.74. The van der Waals surface area contributed by atoms with Gasteiger partial charge in [0, 0.05) is 31.1 Å². The maximum Gasteiger partial charge on any atom is 0.253 e. The molecule has 0 saturated carbocycles. The molecular weight excluding hydrogens is 330 g/mol. The van der Waals surface area contributed by atoms with Gasteiger partial charge in [-0.2, -0.15) is 0 Å². The van der Waals surface area contributed by atoms with Crippen molar-refractivity contribution in [2.45, 2.75) is 26.3 Å². The summed E-state index contributed by atoms with van der Waals surface area (Å²) in [6.07, 6.45) is 0.710. The number of phenols is 1. The molecule has 0 aliphatic heterocycles. The summed E-state index contributed by atoms with van der Waals surface area (Å²) < 4.78 is 5.39. The van der Waals surface area contributed by atoms with Gasteiger partial charge in [0.15, 0.2) is 0 Å². The molecule has 3 rings (SSSR count). The van der Waals surface area contributed by atoms with E-state index in [1.807, 2.05) is 19.1 Å². The third kappa shape index (κ3) is 3.91. The quantitative estimate of drug-likeness (QED) is 0.761. The van der Waals surface area contributed by atoms with Crippen LogP contribution in [0.1, 0.15) is 28.7 Å². The molecule has 0 fully saturated rings. The van der Waals surface area contributed by atoms with E-state index >= 15 is 0 Å². The maximum absolute atomic E-state index is 12.7.